The van der Waals surface area contributed by atoms with Gasteiger partial charge in [0.2, 0.25) is 0 Å². The summed E-state index contributed by atoms with van der Waals surface area (Å²) in [6, 6.07) is 2.64. The van der Waals surface area contributed by atoms with Crippen molar-refractivity contribution in [3.63, 3.8) is 0 Å². The highest BCUT2D eigenvalue weighted by molar-refractivity contribution is 5.00. The summed E-state index contributed by atoms with van der Waals surface area (Å²) in [5.41, 5.74) is 0. The Morgan fingerprint density at radius 3 is 2.27 bits per heavy atom. The van der Waals surface area contributed by atoms with Crippen molar-refractivity contribution in [1.29, 1.82) is 0 Å². The summed E-state index contributed by atoms with van der Waals surface area (Å²) >= 11 is 0. The Morgan fingerprint density at radius 2 is 2.00 bits per heavy atom. The van der Waals surface area contributed by atoms with Gasteiger partial charge in [-0.1, -0.05) is 0 Å². The lowest BCUT2D eigenvalue weighted by atomic mass is 9.82. The fourth-order valence-electron chi connectivity index (χ4n) is 2.54. The minimum absolute atomic E-state index is 0.761. The number of rotatable bonds is 1. The molecule has 0 aromatic rings. The second-order valence-electron chi connectivity index (χ2n) is 4.89. The molecule has 2 aliphatic heterocycles. The first-order valence-corrected chi connectivity index (χ1v) is 4.61. The van der Waals surface area contributed by atoms with Gasteiger partial charge >= 0.3 is 0 Å². The fraction of sp³-hybridized carbons (Fsp3) is 1.00. The Labute approximate surface area is 69.4 Å². The van der Waals surface area contributed by atoms with E-state index in [1.165, 1.54) is 17.6 Å². The molecule has 0 N–H and O–H groups in total. The standard InChI is InChI=1S/C9H19N2/c1-7(2)10-5-9-8(10)6-11(9,3)4/h7-9H,5-6H2,1-4H3/q+1/t8-,9?/m1/s1. The van der Waals surface area contributed by atoms with Crippen LogP contribution in [0.3, 0.4) is 0 Å². The molecule has 2 aliphatic rings. The summed E-state index contributed by atoms with van der Waals surface area (Å²) < 4.78 is 1.26. The van der Waals surface area contributed by atoms with E-state index in [9.17, 15) is 0 Å². The third-order valence-corrected chi connectivity index (χ3v) is 3.49. The van der Waals surface area contributed by atoms with Gasteiger partial charge in [-0.15, -0.1) is 0 Å². The van der Waals surface area contributed by atoms with Crippen LogP contribution in [-0.4, -0.2) is 54.7 Å². The van der Waals surface area contributed by atoms with Crippen LogP contribution in [0.4, 0.5) is 0 Å². The topological polar surface area (TPSA) is 3.24 Å². The van der Waals surface area contributed by atoms with Crippen LogP contribution >= 0.6 is 0 Å². The molecule has 2 fully saturated rings. The summed E-state index contributed by atoms with van der Waals surface area (Å²) in [6.45, 7) is 7.29. The van der Waals surface area contributed by atoms with Crippen molar-refractivity contribution in [2.75, 3.05) is 27.2 Å². The van der Waals surface area contributed by atoms with Gasteiger partial charge in [-0.25, -0.2) is 0 Å². The van der Waals surface area contributed by atoms with Crippen LogP contribution in [0.25, 0.3) is 0 Å². The Morgan fingerprint density at radius 1 is 1.36 bits per heavy atom. The van der Waals surface area contributed by atoms with Gasteiger partial charge in [0.25, 0.3) is 0 Å². The number of hydrogen-bond donors (Lipinski definition) is 0. The molecule has 64 valence electrons. The molecule has 2 nitrogen and oxygen atoms in total. The highest BCUT2D eigenvalue weighted by atomic mass is 15.5. The molecule has 0 amide bonds. The van der Waals surface area contributed by atoms with E-state index in [-0.39, 0.29) is 0 Å². The number of fused-ring (bicyclic) bond motifs is 1. The second-order valence-corrected chi connectivity index (χ2v) is 4.89. The average molecular weight is 155 g/mol. The molecule has 0 spiro atoms. The summed E-state index contributed by atoms with van der Waals surface area (Å²) in [6.07, 6.45) is 0. The molecule has 2 saturated heterocycles. The number of likely N-dealkylation sites (tertiary alicyclic amines) is 2. The smallest absolute Gasteiger partial charge is 0.123 e. The molecule has 0 aromatic carbocycles. The minimum atomic E-state index is 0.761. The lowest BCUT2D eigenvalue weighted by molar-refractivity contribution is -0.973. The molecule has 0 aromatic heterocycles. The molecule has 2 heteroatoms. The van der Waals surface area contributed by atoms with Crippen LogP contribution < -0.4 is 0 Å². The molecule has 0 saturated carbocycles. The van der Waals surface area contributed by atoms with Crippen molar-refractivity contribution in [3.8, 4) is 0 Å². The van der Waals surface area contributed by atoms with Crippen LogP contribution in [0.15, 0.2) is 0 Å². The molecule has 2 rings (SSSR count). The Kier molecular flexibility index (Phi) is 1.37. The summed E-state index contributed by atoms with van der Waals surface area (Å²) in [7, 11) is 4.69. The SMILES string of the molecule is CC(C)N1CC2[C@H]1C[N+]2(C)C. The van der Waals surface area contributed by atoms with E-state index < -0.39 is 0 Å². The van der Waals surface area contributed by atoms with Crippen molar-refractivity contribution in [3.05, 3.63) is 0 Å². The van der Waals surface area contributed by atoms with E-state index in [1.807, 2.05) is 0 Å². The van der Waals surface area contributed by atoms with Crippen molar-refractivity contribution < 1.29 is 4.48 Å². The third-order valence-electron chi connectivity index (χ3n) is 3.49. The largest absolute Gasteiger partial charge is 0.322 e. The van der Waals surface area contributed by atoms with Gasteiger partial charge in [-0.2, -0.15) is 0 Å². The number of likely N-dealkylation sites (N-methyl/N-ethyl adjacent to an activating group) is 1. The van der Waals surface area contributed by atoms with Crippen LogP contribution in [0.2, 0.25) is 0 Å². The molecular formula is C9H19N2+. The van der Waals surface area contributed by atoms with E-state index in [0.717, 1.165) is 18.1 Å². The normalized spacial score (nSPS) is 41.2. The van der Waals surface area contributed by atoms with Gasteiger partial charge in [0.1, 0.15) is 18.6 Å². The Hall–Kier alpha value is -0.0800. The Balaban J connectivity index is 1.93. The number of piperazine rings is 1. The molecule has 0 bridgehead atoms. The average Bonchev–Trinajstić information content (AvgIpc) is 1.80. The molecule has 0 radical (unpaired) electrons. The van der Waals surface area contributed by atoms with Gasteiger partial charge in [0.05, 0.1) is 20.6 Å². The number of hydrogen-bond acceptors (Lipinski definition) is 1. The van der Waals surface area contributed by atoms with Gasteiger partial charge in [-0.05, 0) is 13.8 Å². The zero-order valence-electron chi connectivity index (χ0n) is 8.04. The quantitative estimate of drug-likeness (QED) is 0.500. The van der Waals surface area contributed by atoms with E-state index in [1.54, 1.807) is 0 Å². The number of nitrogens with zero attached hydrogens (tertiary/aromatic N) is 2. The Bertz CT molecular complexity index is 170. The molecular weight excluding hydrogens is 136 g/mol. The first kappa shape index (κ1) is 7.56. The lowest BCUT2D eigenvalue weighted by Gasteiger charge is -2.65. The maximum Gasteiger partial charge on any atom is 0.123 e. The summed E-state index contributed by atoms with van der Waals surface area (Å²) in [5.74, 6) is 0. The minimum Gasteiger partial charge on any atom is -0.322 e. The molecule has 11 heavy (non-hydrogen) atoms. The van der Waals surface area contributed by atoms with Gasteiger partial charge in [0.15, 0.2) is 0 Å². The molecule has 2 heterocycles. The van der Waals surface area contributed by atoms with Crippen LogP contribution in [0, 0.1) is 0 Å². The first-order valence-electron chi connectivity index (χ1n) is 4.61. The first-order chi connectivity index (χ1) is 5.02. The van der Waals surface area contributed by atoms with Crippen molar-refractivity contribution in [1.82, 2.24) is 4.90 Å². The zero-order valence-corrected chi connectivity index (χ0v) is 8.04. The van der Waals surface area contributed by atoms with Gasteiger partial charge in [-0.3, -0.25) is 4.90 Å². The molecule has 0 aliphatic carbocycles. The highest BCUT2D eigenvalue weighted by Gasteiger charge is 2.60. The van der Waals surface area contributed by atoms with Gasteiger partial charge in [0, 0.05) is 6.04 Å². The maximum atomic E-state index is 2.62. The van der Waals surface area contributed by atoms with Crippen LogP contribution in [0.1, 0.15) is 13.8 Å². The van der Waals surface area contributed by atoms with E-state index in [2.05, 4.69) is 32.8 Å². The second kappa shape index (κ2) is 1.99. The van der Waals surface area contributed by atoms with Crippen LogP contribution in [0.5, 0.6) is 0 Å². The monoisotopic (exact) mass is 155 g/mol. The molecule has 2 atom stereocenters. The predicted octanol–water partition coefficient (Wildman–Crippen LogP) is 0.538. The lowest BCUT2D eigenvalue weighted by Crippen LogP contribution is -2.85. The maximum absolute atomic E-state index is 2.62. The predicted molar refractivity (Wildman–Crippen MR) is 46.4 cm³/mol. The summed E-state index contributed by atoms with van der Waals surface area (Å²) in [4.78, 5) is 2.62. The molecule has 1 unspecified atom stereocenters. The van der Waals surface area contributed by atoms with Crippen LogP contribution in [-0.2, 0) is 0 Å². The van der Waals surface area contributed by atoms with E-state index in [0.29, 0.717) is 0 Å². The van der Waals surface area contributed by atoms with E-state index in [4.69, 9.17) is 0 Å². The van der Waals surface area contributed by atoms with Gasteiger partial charge < -0.3 is 4.48 Å². The fourth-order valence-corrected chi connectivity index (χ4v) is 2.54. The third kappa shape index (κ3) is 0.859. The van der Waals surface area contributed by atoms with Crippen molar-refractivity contribution in [2.45, 2.75) is 32.0 Å². The van der Waals surface area contributed by atoms with Crippen molar-refractivity contribution >= 4 is 0 Å². The summed E-state index contributed by atoms with van der Waals surface area (Å²) in [5, 5.41) is 0. The highest BCUT2D eigenvalue weighted by Crippen LogP contribution is 2.38. The van der Waals surface area contributed by atoms with E-state index >= 15 is 0 Å². The number of quaternary nitrogens is 1. The van der Waals surface area contributed by atoms with Crippen molar-refractivity contribution in [2.24, 2.45) is 0 Å². The zero-order chi connectivity index (χ0) is 8.22.